The molecule has 148 valence electrons. The predicted molar refractivity (Wildman–Crippen MR) is 103 cm³/mol. The van der Waals surface area contributed by atoms with E-state index in [1.165, 1.54) is 18.0 Å². The summed E-state index contributed by atoms with van der Waals surface area (Å²) < 4.78 is 31.9. The fourth-order valence-corrected chi connectivity index (χ4v) is 3.44. The fraction of sp³-hybridized carbons (Fsp3) is 0.316. The first kappa shape index (κ1) is 21.3. The van der Waals surface area contributed by atoms with E-state index >= 15 is 0 Å². The third kappa shape index (κ3) is 6.04. The van der Waals surface area contributed by atoms with E-state index in [1.54, 1.807) is 12.1 Å². The first-order chi connectivity index (χ1) is 13.3. The number of rotatable bonds is 9. The van der Waals surface area contributed by atoms with Crippen LogP contribution in [-0.4, -0.2) is 51.9 Å². The summed E-state index contributed by atoms with van der Waals surface area (Å²) in [4.78, 5) is 24.8. The quantitative estimate of drug-likeness (QED) is 0.633. The number of nitrogens with zero attached hydrogens (tertiary/aromatic N) is 2. The van der Waals surface area contributed by atoms with E-state index in [0.29, 0.717) is 0 Å². The van der Waals surface area contributed by atoms with Crippen LogP contribution >= 0.6 is 0 Å². The Morgan fingerprint density at radius 3 is 2.61 bits per heavy atom. The van der Waals surface area contributed by atoms with E-state index in [2.05, 4.69) is 4.72 Å². The van der Waals surface area contributed by atoms with Crippen LogP contribution in [0.25, 0.3) is 10.8 Å². The lowest BCUT2D eigenvalue weighted by Crippen LogP contribution is -2.32. The number of nitriles is 1. The number of fused-ring (bicyclic) bond motifs is 1. The molecule has 8 nitrogen and oxygen atoms in total. The molecule has 0 aliphatic heterocycles. The van der Waals surface area contributed by atoms with Gasteiger partial charge < -0.3 is 9.64 Å². The molecule has 2 aromatic rings. The van der Waals surface area contributed by atoms with Gasteiger partial charge in [0, 0.05) is 20.1 Å². The smallest absolute Gasteiger partial charge is 0.307 e. The van der Waals surface area contributed by atoms with Crippen molar-refractivity contribution in [2.45, 2.75) is 17.7 Å². The van der Waals surface area contributed by atoms with E-state index in [0.717, 1.165) is 10.8 Å². The van der Waals surface area contributed by atoms with Crippen LogP contribution in [-0.2, 0) is 24.3 Å². The van der Waals surface area contributed by atoms with Crippen molar-refractivity contribution in [2.75, 3.05) is 26.7 Å². The van der Waals surface area contributed by atoms with E-state index in [9.17, 15) is 18.0 Å². The molecule has 1 amide bonds. The van der Waals surface area contributed by atoms with Gasteiger partial charge in [0.25, 0.3) is 5.91 Å². The van der Waals surface area contributed by atoms with Gasteiger partial charge in [-0.05, 0) is 22.9 Å². The van der Waals surface area contributed by atoms with Crippen LogP contribution in [0, 0.1) is 11.3 Å². The lowest BCUT2D eigenvalue weighted by Gasteiger charge is -2.15. The number of likely N-dealkylation sites (N-methyl/N-ethyl adjacent to an activating group) is 1. The standard InChI is InChI=1S/C19H21N3O5S/c1-22(12-4-10-20)18(23)14-27-19(24)9-11-21-28(25,26)17-8-7-15-5-2-3-6-16(15)13-17/h2-3,5-8,13,21H,4,9,11-12,14H2,1H3. The molecule has 0 saturated heterocycles. The number of ether oxygens (including phenoxy) is 1. The van der Waals surface area contributed by atoms with Gasteiger partial charge in [-0.2, -0.15) is 5.26 Å². The first-order valence-electron chi connectivity index (χ1n) is 8.58. The van der Waals surface area contributed by atoms with E-state index < -0.39 is 28.5 Å². The fourth-order valence-electron chi connectivity index (χ4n) is 2.37. The van der Waals surface area contributed by atoms with Crippen molar-refractivity contribution in [3.8, 4) is 6.07 Å². The monoisotopic (exact) mass is 403 g/mol. The van der Waals surface area contributed by atoms with Crippen molar-refractivity contribution in [1.29, 1.82) is 5.26 Å². The van der Waals surface area contributed by atoms with Gasteiger partial charge in [0.2, 0.25) is 10.0 Å². The third-order valence-electron chi connectivity index (χ3n) is 3.99. The maximum absolute atomic E-state index is 12.4. The molecular formula is C19H21N3O5S. The van der Waals surface area contributed by atoms with Gasteiger partial charge in [0.15, 0.2) is 6.61 Å². The molecule has 0 bridgehead atoms. The number of nitrogens with one attached hydrogen (secondary N) is 1. The summed E-state index contributed by atoms with van der Waals surface area (Å²) in [6.07, 6.45) is -0.0191. The number of benzene rings is 2. The second kappa shape index (κ2) is 9.82. The molecule has 28 heavy (non-hydrogen) atoms. The number of hydrogen-bond acceptors (Lipinski definition) is 6. The molecule has 0 spiro atoms. The molecule has 2 rings (SSSR count). The Balaban J connectivity index is 1.81. The minimum atomic E-state index is -3.77. The number of carbonyl (C=O) groups is 2. The summed E-state index contributed by atoms with van der Waals surface area (Å²) in [7, 11) is -2.26. The molecule has 0 saturated carbocycles. The van der Waals surface area contributed by atoms with Crippen molar-refractivity contribution in [1.82, 2.24) is 9.62 Å². The number of hydrogen-bond donors (Lipinski definition) is 1. The molecule has 0 heterocycles. The van der Waals surface area contributed by atoms with E-state index in [4.69, 9.17) is 10.00 Å². The zero-order valence-electron chi connectivity index (χ0n) is 15.4. The minimum absolute atomic E-state index is 0.105. The highest BCUT2D eigenvalue weighted by molar-refractivity contribution is 7.89. The van der Waals surface area contributed by atoms with Gasteiger partial charge in [-0.1, -0.05) is 30.3 Å². The average Bonchev–Trinajstić information content (AvgIpc) is 2.69. The van der Waals surface area contributed by atoms with Gasteiger partial charge in [-0.15, -0.1) is 0 Å². The highest BCUT2D eigenvalue weighted by Gasteiger charge is 2.16. The summed E-state index contributed by atoms with van der Waals surface area (Å²) in [6, 6.07) is 14.1. The first-order valence-corrected chi connectivity index (χ1v) is 10.1. The summed E-state index contributed by atoms with van der Waals surface area (Å²) in [5.41, 5.74) is 0. The highest BCUT2D eigenvalue weighted by Crippen LogP contribution is 2.18. The van der Waals surface area contributed by atoms with Crippen molar-refractivity contribution in [2.24, 2.45) is 0 Å². The second-order valence-electron chi connectivity index (χ2n) is 6.04. The maximum Gasteiger partial charge on any atom is 0.307 e. The van der Waals surface area contributed by atoms with Crippen LogP contribution in [0.5, 0.6) is 0 Å². The summed E-state index contributed by atoms with van der Waals surface area (Å²) in [6.45, 7) is -0.344. The SMILES string of the molecule is CN(CCC#N)C(=O)COC(=O)CCNS(=O)(=O)c1ccc2ccccc2c1. The van der Waals surface area contributed by atoms with Crippen molar-refractivity contribution in [3.63, 3.8) is 0 Å². The largest absolute Gasteiger partial charge is 0.456 e. The zero-order valence-corrected chi connectivity index (χ0v) is 16.2. The van der Waals surface area contributed by atoms with Crippen molar-refractivity contribution < 1.29 is 22.7 Å². The molecule has 0 aliphatic rings. The Morgan fingerprint density at radius 1 is 1.18 bits per heavy atom. The molecule has 0 aromatic heterocycles. The number of amides is 1. The van der Waals surface area contributed by atoms with Crippen molar-refractivity contribution in [3.05, 3.63) is 42.5 Å². The predicted octanol–water partition coefficient (Wildman–Crippen LogP) is 1.42. The Morgan fingerprint density at radius 2 is 1.89 bits per heavy atom. The normalized spacial score (nSPS) is 11.0. The molecule has 0 atom stereocenters. The van der Waals surface area contributed by atoms with Gasteiger partial charge in [0.1, 0.15) is 0 Å². The lowest BCUT2D eigenvalue weighted by molar-refractivity contribution is -0.151. The Bertz CT molecular complexity index is 998. The van der Waals surface area contributed by atoms with Gasteiger partial charge in [0.05, 0.1) is 23.8 Å². The van der Waals surface area contributed by atoms with Crippen LogP contribution in [0.3, 0.4) is 0 Å². The van der Waals surface area contributed by atoms with Crippen LogP contribution in [0.4, 0.5) is 0 Å². The Labute approximate surface area is 163 Å². The van der Waals surface area contributed by atoms with Gasteiger partial charge >= 0.3 is 5.97 Å². The third-order valence-corrected chi connectivity index (χ3v) is 5.45. The summed E-state index contributed by atoms with van der Waals surface area (Å²) in [5.74, 6) is -1.12. The lowest BCUT2D eigenvalue weighted by atomic mass is 10.1. The summed E-state index contributed by atoms with van der Waals surface area (Å²) >= 11 is 0. The molecule has 0 aliphatic carbocycles. The molecule has 9 heteroatoms. The van der Waals surface area contributed by atoms with Crippen molar-refractivity contribution >= 4 is 32.7 Å². The molecule has 0 unspecified atom stereocenters. The zero-order chi connectivity index (χ0) is 20.6. The van der Waals surface area contributed by atoms with Gasteiger partial charge in [-0.3, -0.25) is 9.59 Å². The average molecular weight is 403 g/mol. The Kier molecular flexibility index (Phi) is 7.49. The van der Waals surface area contributed by atoms with E-state index in [1.807, 2.05) is 30.3 Å². The highest BCUT2D eigenvalue weighted by atomic mass is 32.2. The van der Waals surface area contributed by atoms with Crippen LogP contribution in [0.2, 0.25) is 0 Å². The maximum atomic E-state index is 12.4. The molecular weight excluding hydrogens is 382 g/mol. The molecule has 0 radical (unpaired) electrons. The van der Waals surface area contributed by atoms with Crippen LogP contribution < -0.4 is 4.72 Å². The number of sulfonamides is 1. The Hall–Kier alpha value is -2.96. The topological polar surface area (TPSA) is 117 Å². The summed E-state index contributed by atoms with van der Waals surface area (Å²) in [5, 5.41) is 10.2. The van der Waals surface area contributed by atoms with E-state index in [-0.39, 0.29) is 30.8 Å². The molecule has 2 aromatic carbocycles. The van der Waals surface area contributed by atoms with Crippen LogP contribution in [0.1, 0.15) is 12.8 Å². The molecule has 0 fully saturated rings. The number of carbonyl (C=O) groups excluding carboxylic acids is 2. The number of esters is 1. The van der Waals surface area contributed by atoms with Crippen LogP contribution in [0.15, 0.2) is 47.4 Å². The second-order valence-corrected chi connectivity index (χ2v) is 7.81. The molecule has 1 N–H and O–H groups in total. The minimum Gasteiger partial charge on any atom is -0.456 e. The van der Waals surface area contributed by atoms with Gasteiger partial charge in [-0.25, -0.2) is 13.1 Å².